The van der Waals surface area contributed by atoms with Gasteiger partial charge in [0, 0.05) is 30.5 Å². The van der Waals surface area contributed by atoms with Gasteiger partial charge in [-0.1, -0.05) is 0 Å². The Morgan fingerprint density at radius 2 is 2.24 bits per heavy atom. The van der Waals surface area contributed by atoms with E-state index in [2.05, 4.69) is 0 Å². The smallest absolute Gasteiger partial charge is 0.304 e. The summed E-state index contributed by atoms with van der Waals surface area (Å²) in [6.07, 6.45) is 1.25. The van der Waals surface area contributed by atoms with Crippen LogP contribution in [0.1, 0.15) is 37.2 Å². The van der Waals surface area contributed by atoms with Gasteiger partial charge < -0.3 is 15.7 Å². The third kappa shape index (κ3) is 3.70. The van der Waals surface area contributed by atoms with Crippen molar-refractivity contribution in [2.75, 3.05) is 18.0 Å². The number of anilines is 1. The van der Waals surface area contributed by atoms with Gasteiger partial charge in [0.15, 0.2) is 5.00 Å². The summed E-state index contributed by atoms with van der Waals surface area (Å²) in [4.78, 5) is 24.2. The van der Waals surface area contributed by atoms with Crippen LogP contribution in [0.5, 0.6) is 0 Å². The van der Waals surface area contributed by atoms with E-state index in [1.807, 2.05) is 4.90 Å². The molecule has 0 spiro atoms. The zero-order valence-electron chi connectivity index (χ0n) is 11.8. The van der Waals surface area contributed by atoms with Crippen LogP contribution in [0.25, 0.3) is 0 Å². The number of rotatable bonds is 5. The molecule has 1 aliphatic heterocycles. The summed E-state index contributed by atoms with van der Waals surface area (Å²) < 4.78 is 0. The van der Waals surface area contributed by atoms with Crippen molar-refractivity contribution in [1.29, 1.82) is 0 Å². The van der Waals surface area contributed by atoms with E-state index in [4.69, 9.17) is 5.73 Å². The van der Waals surface area contributed by atoms with E-state index in [1.54, 1.807) is 6.92 Å². The van der Waals surface area contributed by atoms with E-state index in [9.17, 15) is 20.0 Å². The van der Waals surface area contributed by atoms with Gasteiger partial charge >= 0.3 is 5.69 Å². The number of amides is 1. The van der Waals surface area contributed by atoms with E-state index < -0.39 is 11.0 Å². The van der Waals surface area contributed by atoms with Crippen LogP contribution in [0.4, 0.5) is 10.7 Å². The molecule has 1 aromatic heterocycles. The first kappa shape index (κ1) is 15.7. The van der Waals surface area contributed by atoms with Gasteiger partial charge in [-0.15, -0.1) is 11.3 Å². The standard InChI is InChI=1S/C13H19N3O4S/c1-8(17)11-7-10(16(19)20)13(21-11)15-4-2-9(3-5-15)6-12(14)18/h7-9,17H,2-6H2,1H3,(H2,14,18)/t8-/m1/s1. The SMILES string of the molecule is C[C@@H](O)c1cc([N+](=O)[O-])c(N2CCC(CC(N)=O)CC2)s1. The topological polar surface area (TPSA) is 110 Å². The van der Waals surface area contributed by atoms with Crippen LogP contribution in [0.2, 0.25) is 0 Å². The molecule has 21 heavy (non-hydrogen) atoms. The van der Waals surface area contributed by atoms with Crippen LogP contribution >= 0.6 is 11.3 Å². The number of hydrogen-bond donors (Lipinski definition) is 2. The Bertz CT molecular complexity index is 536. The van der Waals surface area contributed by atoms with Crippen LogP contribution in [0.15, 0.2) is 6.07 Å². The second-order valence-electron chi connectivity index (χ2n) is 5.37. The number of aliphatic hydroxyl groups is 1. The van der Waals surface area contributed by atoms with Crippen molar-refractivity contribution in [1.82, 2.24) is 0 Å². The monoisotopic (exact) mass is 313 g/mol. The highest BCUT2D eigenvalue weighted by Crippen LogP contribution is 2.41. The summed E-state index contributed by atoms with van der Waals surface area (Å²) in [5.41, 5.74) is 5.25. The molecule has 116 valence electrons. The third-order valence-corrected chi connectivity index (χ3v) is 5.07. The van der Waals surface area contributed by atoms with Crippen molar-refractivity contribution in [3.05, 3.63) is 21.1 Å². The lowest BCUT2D eigenvalue weighted by Crippen LogP contribution is -2.34. The van der Waals surface area contributed by atoms with Crippen molar-refractivity contribution >= 4 is 27.9 Å². The van der Waals surface area contributed by atoms with Gasteiger partial charge in [-0.05, 0) is 25.7 Å². The number of hydrogen-bond acceptors (Lipinski definition) is 6. The van der Waals surface area contributed by atoms with E-state index in [-0.39, 0.29) is 17.5 Å². The molecule has 1 saturated heterocycles. The lowest BCUT2D eigenvalue weighted by molar-refractivity contribution is -0.383. The quantitative estimate of drug-likeness (QED) is 0.636. The lowest BCUT2D eigenvalue weighted by atomic mass is 9.93. The molecule has 1 amide bonds. The van der Waals surface area contributed by atoms with Crippen LogP contribution < -0.4 is 10.6 Å². The molecule has 8 heteroatoms. The second-order valence-corrected chi connectivity index (χ2v) is 6.44. The fraction of sp³-hybridized carbons (Fsp3) is 0.615. The van der Waals surface area contributed by atoms with Crippen molar-refractivity contribution in [3.8, 4) is 0 Å². The fourth-order valence-corrected chi connectivity index (χ4v) is 3.69. The summed E-state index contributed by atoms with van der Waals surface area (Å²) in [7, 11) is 0. The van der Waals surface area contributed by atoms with Crippen LogP contribution in [-0.4, -0.2) is 29.0 Å². The Morgan fingerprint density at radius 1 is 1.62 bits per heavy atom. The van der Waals surface area contributed by atoms with Gasteiger partial charge in [0.25, 0.3) is 0 Å². The molecule has 0 saturated carbocycles. The minimum Gasteiger partial charge on any atom is -0.388 e. The number of nitrogens with zero attached hydrogens (tertiary/aromatic N) is 2. The van der Waals surface area contributed by atoms with Crippen LogP contribution in [-0.2, 0) is 4.79 Å². The van der Waals surface area contributed by atoms with Gasteiger partial charge in [0.1, 0.15) is 0 Å². The Morgan fingerprint density at radius 3 is 2.71 bits per heavy atom. The van der Waals surface area contributed by atoms with E-state index in [0.29, 0.717) is 29.4 Å². The lowest BCUT2D eigenvalue weighted by Gasteiger charge is -2.31. The van der Waals surface area contributed by atoms with Gasteiger partial charge in [0.2, 0.25) is 5.91 Å². The number of nitrogens with two attached hydrogens (primary N) is 1. The van der Waals surface area contributed by atoms with Crippen molar-refractivity contribution in [2.45, 2.75) is 32.3 Å². The number of piperidine rings is 1. The maximum atomic E-state index is 11.2. The van der Waals surface area contributed by atoms with Gasteiger partial charge in [-0.25, -0.2) is 0 Å². The molecule has 1 aromatic rings. The molecule has 0 bridgehead atoms. The summed E-state index contributed by atoms with van der Waals surface area (Å²) in [6, 6.07) is 1.44. The molecule has 0 aliphatic carbocycles. The molecular weight excluding hydrogens is 294 g/mol. The molecule has 1 fully saturated rings. The molecule has 2 heterocycles. The summed E-state index contributed by atoms with van der Waals surface area (Å²) in [6.45, 7) is 2.93. The first-order valence-electron chi connectivity index (χ1n) is 6.88. The Kier molecular flexibility index (Phi) is 4.79. The molecule has 3 N–H and O–H groups in total. The largest absolute Gasteiger partial charge is 0.388 e. The Hall–Kier alpha value is -1.67. The highest BCUT2D eigenvalue weighted by atomic mass is 32.1. The minimum atomic E-state index is -0.713. The number of aliphatic hydroxyl groups excluding tert-OH is 1. The van der Waals surface area contributed by atoms with Crippen molar-refractivity contribution in [2.24, 2.45) is 11.7 Å². The van der Waals surface area contributed by atoms with Gasteiger partial charge in [-0.2, -0.15) is 0 Å². The predicted octanol–water partition coefficient (Wildman–Crippen LogP) is 1.80. The molecular formula is C13H19N3O4S. The molecule has 0 radical (unpaired) electrons. The van der Waals surface area contributed by atoms with Gasteiger partial charge in [-0.3, -0.25) is 14.9 Å². The predicted molar refractivity (Wildman–Crippen MR) is 80.4 cm³/mol. The summed E-state index contributed by atoms with van der Waals surface area (Å²) >= 11 is 1.26. The maximum Gasteiger partial charge on any atom is 0.304 e. The van der Waals surface area contributed by atoms with Crippen molar-refractivity contribution in [3.63, 3.8) is 0 Å². The Balaban J connectivity index is 2.12. The number of carbonyl (C=O) groups is 1. The first-order valence-corrected chi connectivity index (χ1v) is 7.69. The number of carbonyl (C=O) groups excluding carboxylic acids is 1. The fourth-order valence-electron chi connectivity index (χ4n) is 2.58. The van der Waals surface area contributed by atoms with Crippen LogP contribution in [0.3, 0.4) is 0 Å². The Labute approximate surface area is 126 Å². The summed E-state index contributed by atoms with van der Waals surface area (Å²) in [5, 5.41) is 21.3. The normalized spacial score (nSPS) is 17.7. The average Bonchev–Trinajstić information content (AvgIpc) is 2.84. The molecule has 1 aliphatic rings. The van der Waals surface area contributed by atoms with E-state index in [0.717, 1.165) is 12.8 Å². The number of nitro groups is 1. The average molecular weight is 313 g/mol. The molecule has 7 nitrogen and oxygen atoms in total. The van der Waals surface area contributed by atoms with E-state index in [1.165, 1.54) is 17.4 Å². The first-order chi connectivity index (χ1) is 9.88. The maximum absolute atomic E-state index is 11.2. The number of thiophene rings is 1. The second kappa shape index (κ2) is 6.40. The van der Waals surface area contributed by atoms with E-state index >= 15 is 0 Å². The van der Waals surface area contributed by atoms with Crippen LogP contribution in [0, 0.1) is 16.0 Å². The highest BCUT2D eigenvalue weighted by molar-refractivity contribution is 7.16. The van der Waals surface area contributed by atoms with Gasteiger partial charge in [0.05, 0.1) is 11.0 Å². The summed E-state index contributed by atoms with van der Waals surface area (Å²) in [5.74, 6) is -0.0408. The zero-order chi connectivity index (χ0) is 15.6. The van der Waals surface area contributed by atoms with Crippen molar-refractivity contribution < 1.29 is 14.8 Å². The number of primary amides is 1. The molecule has 2 rings (SSSR count). The highest BCUT2D eigenvalue weighted by Gasteiger charge is 2.28. The molecule has 0 unspecified atom stereocenters. The minimum absolute atomic E-state index is 0.0456. The zero-order valence-corrected chi connectivity index (χ0v) is 12.6. The molecule has 1 atom stereocenters. The third-order valence-electron chi connectivity index (χ3n) is 3.71. The molecule has 0 aromatic carbocycles.